The first-order chi connectivity index (χ1) is 19.0. The molecule has 1 aliphatic heterocycles. The molecule has 3 aromatic carbocycles. The summed E-state index contributed by atoms with van der Waals surface area (Å²) in [6, 6.07) is 21.8. The van der Waals surface area contributed by atoms with Crippen molar-refractivity contribution in [2.24, 2.45) is 10.1 Å². The van der Waals surface area contributed by atoms with Crippen molar-refractivity contribution < 1.29 is 24.1 Å². The van der Waals surface area contributed by atoms with E-state index in [1.165, 1.54) is 0 Å². The molecular formula is C29H31N5O5. The second-order valence-electron chi connectivity index (χ2n) is 9.08. The third-order valence-corrected chi connectivity index (χ3v) is 6.54. The number of azide groups is 1. The van der Waals surface area contributed by atoms with E-state index in [4.69, 9.17) is 29.8 Å². The van der Waals surface area contributed by atoms with Crippen LogP contribution in [0, 0.1) is 0 Å². The van der Waals surface area contributed by atoms with Gasteiger partial charge in [-0.1, -0.05) is 41.5 Å². The summed E-state index contributed by atoms with van der Waals surface area (Å²) in [5.41, 5.74) is 10.5. The molecule has 10 nitrogen and oxygen atoms in total. The van der Waals surface area contributed by atoms with Gasteiger partial charge in [-0.05, 0) is 60.0 Å². The molecule has 39 heavy (non-hydrogen) atoms. The summed E-state index contributed by atoms with van der Waals surface area (Å²) in [7, 11) is 1.60. The van der Waals surface area contributed by atoms with Crippen LogP contribution in [0.1, 0.15) is 30.0 Å². The number of aliphatic hydroxyl groups is 1. The van der Waals surface area contributed by atoms with Crippen LogP contribution < -0.4 is 14.8 Å². The van der Waals surface area contributed by atoms with Crippen LogP contribution in [0.2, 0.25) is 0 Å². The van der Waals surface area contributed by atoms with Crippen LogP contribution in [-0.2, 0) is 22.5 Å². The van der Waals surface area contributed by atoms with Gasteiger partial charge in [-0.2, -0.15) is 0 Å². The Morgan fingerprint density at radius 2 is 1.85 bits per heavy atom. The summed E-state index contributed by atoms with van der Waals surface area (Å²) in [6.45, 7) is 2.57. The molecule has 4 rings (SSSR count). The number of amides is 1. The lowest BCUT2D eigenvalue weighted by Crippen LogP contribution is -2.52. The lowest BCUT2D eigenvalue weighted by atomic mass is 9.85. The van der Waals surface area contributed by atoms with Gasteiger partial charge in [0.1, 0.15) is 17.6 Å². The second-order valence-corrected chi connectivity index (χ2v) is 9.08. The number of carbonyl (C=O) groups is 1. The van der Waals surface area contributed by atoms with E-state index in [9.17, 15) is 4.79 Å². The highest BCUT2D eigenvalue weighted by Gasteiger charge is 2.50. The molecule has 0 fully saturated rings. The Kier molecular flexibility index (Phi) is 9.04. The molecule has 10 heteroatoms. The molecule has 202 valence electrons. The number of aliphatic hydroxyl groups excluding tert-OH is 1. The molecule has 0 unspecified atom stereocenters. The Balaban J connectivity index is 1.64. The zero-order valence-electron chi connectivity index (χ0n) is 21.9. The van der Waals surface area contributed by atoms with E-state index >= 15 is 0 Å². The molecule has 0 spiro atoms. The van der Waals surface area contributed by atoms with E-state index in [0.29, 0.717) is 48.0 Å². The molecule has 3 aromatic rings. The van der Waals surface area contributed by atoms with Gasteiger partial charge >= 0.3 is 0 Å². The number of carbonyl (C=O) groups excluding carboxylic acids is 1. The molecule has 1 aliphatic rings. The molecule has 2 atom stereocenters. The Hall–Kier alpha value is -4.53. The van der Waals surface area contributed by atoms with E-state index < -0.39 is 11.6 Å². The third kappa shape index (κ3) is 6.49. The summed E-state index contributed by atoms with van der Waals surface area (Å²) in [5, 5.41) is 15.8. The maximum absolute atomic E-state index is 13.9. The number of methoxy groups -OCH3 is 1. The predicted molar refractivity (Wildman–Crippen MR) is 147 cm³/mol. The van der Waals surface area contributed by atoms with E-state index in [2.05, 4.69) is 15.3 Å². The summed E-state index contributed by atoms with van der Waals surface area (Å²) >= 11 is 0. The molecule has 1 amide bonds. The van der Waals surface area contributed by atoms with Gasteiger partial charge in [0.05, 0.1) is 13.7 Å². The molecule has 0 aromatic heterocycles. The minimum Gasteiger partial charge on any atom is -0.497 e. The van der Waals surface area contributed by atoms with Gasteiger partial charge in [0.25, 0.3) is 5.91 Å². The van der Waals surface area contributed by atoms with Gasteiger partial charge in [0.15, 0.2) is 5.54 Å². The number of rotatable bonds is 12. The van der Waals surface area contributed by atoms with Gasteiger partial charge in [0.2, 0.25) is 5.90 Å². The molecule has 2 N–H and O–H groups in total. The van der Waals surface area contributed by atoms with Crippen molar-refractivity contribution in [2.75, 3.05) is 20.3 Å². The van der Waals surface area contributed by atoms with Crippen LogP contribution in [0.4, 0.5) is 5.69 Å². The van der Waals surface area contributed by atoms with Gasteiger partial charge in [-0.3, -0.25) is 4.79 Å². The zero-order valence-corrected chi connectivity index (χ0v) is 21.9. The number of nitrogens with one attached hydrogen (secondary N) is 1. The highest BCUT2D eigenvalue weighted by atomic mass is 16.5. The smallest absolute Gasteiger partial charge is 0.252 e. The van der Waals surface area contributed by atoms with Crippen LogP contribution in [-0.4, -0.2) is 48.9 Å². The third-order valence-electron chi connectivity index (χ3n) is 6.54. The standard InChI is InChI=1S/C29H31N5O5/c1-20-29(18-23-6-3-4-7-26(23)33-34-30,28(36)31-19-21-8-12-24(37-2)13-9-21)32-27(39-20)22-10-14-25(15-11-22)38-17-5-16-35/h3-4,6-15,20,35H,5,16-19H2,1-2H3,(H,31,36)/t20-,29-/m1/s1. The number of nitrogens with zero attached hydrogens (tertiary/aromatic N) is 4. The van der Waals surface area contributed by atoms with E-state index in [1.54, 1.807) is 31.4 Å². The van der Waals surface area contributed by atoms with Gasteiger partial charge in [0, 0.05) is 42.2 Å². The Bertz CT molecular complexity index is 1350. The highest BCUT2D eigenvalue weighted by Crippen LogP contribution is 2.35. The number of hydrogen-bond acceptors (Lipinski definition) is 7. The van der Waals surface area contributed by atoms with Crippen LogP contribution in [0.25, 0.3) is 10.4 Å². The van der Waals surface area contributed by atoms with E-state index in [1.807, 2.05) is 55.5 Å². The van der Waals surface area contributed by atoms with Crippen LogP contribution >= 0.6 is 0 Å². The van der Waals surface area contributed by atoms with Crippen molar-refractivity contribution in [3.05, 3.63) is 99.9 Å². The molecule has 0 radical (unpaired) electrons. The predicted octanol–water partition coefficient (Wildman–Crippen LogP) is 4.86. The minimum atomic E-state index is -1.31. The first-order valence-corrected chi connectivity index (χ1v) is 12.6. The second kappa shape index (κ2) is 12.8. The minimum absolute atomic E-state index is 0.0615. The van der Waals surface area contributed by atoms with Gasteiger partial charge in [-0.15, -0.1) is 0 Å². The molecule has 0 saturated carbocycles. The van der Waals surface area contributed by atoms with Crippen LogP contribution in [0.5, 0.6) is 11.5 Å². The Morgan fingerprint density at radius 3 is 2.54 bits per heavy atom. The molecule has 0 saturated heterocycles. The fraction of sp³-hybridized carbons (Fsp3) is 0.310. The summed E-state index contributed by atoms with van der Waals surface area (Å²) in [6.07, 6.45) is 0.104. The monoisotopic (exact) mass is 529 g/mol. The summed E-state index contributed by atoms with van der Waals surface area (Å²) in [5.74, 6) is 1.42. The average molecular weight is 530 g/mol. The fourth-order valence-corrected chi connectivity index (χ4v) is 4.32. The molecular weight excluding hydrogens is 498 g/mol. The first kappa shape index (κ1) is 27.5. The largest absolute Gasteiger partial charge is 0.497 e. The Morgan fingerprint density at radius 1 is 1.13 bits per heavy atom. The SMILES string of the molecule is COc1ccc(CNC(=O)[C@]2(Cc3ccccc3N=[N+]=[N-])N=C(c3ccc(OCCCO)cc3)O[C@@H]2C)cc1. The first-order valence-electron chi connectivity index (χ1n) is 12.6. The number of benzene rings is 3. The lowest BCUT2D eigenvalue weighted by Gasteiger charge is -2.28. The van der Waals surface area contributed by atoms with Crippen molar-refractivity contribution in [1.29, 1.82) is 0 Å². The van der Waals surface area contributed by atoms with E-state index in [0.717, 1.165) is 11.3 Å². The van der Waals surface area contributed by atoms with E-state index in [-0.39, 0.29) is 18.9 Å². The number of hydrogen-bond donors (Lipinski definition) is 2. The summed E-state index contributed by atoms with van der Waals surface area (Å²) in [4.78, 5) is 21.7. The van der Waals surface area contributed by atoms with Crippen LogP contribution in [0.15, 0.2) is 82.9 Å². The van der Waals surface area contributed by atoms with Gasteiger partial charge < -0.3 is 24.6 Å². The molecule has 0 aliphatic carbocycles. The lowest BCUT2D eigenvalue weighted by molar-refractivity contribution is -0.128. The Labute approximate surface area is 226 Å². The van der Waals surface area contributed by atoms with Crippen molar-refractivity contribution in [3.8, 4) is 11.5 Å². The molecule has 1 heterocycles. The maximum Gasteiger partial charge on any atom is 0.252 e. The van der Waals surface area contributed by atoms with Crippen LogP contribution in [0.3, 0.4) is 0 Å². The maximum atomic E-state index is 13.9. The van der Waals surface area contributed by atoms with Crippen molar-refractivity contribution in [3.63, 3.8) is 0 Å². The topological polar surface area (TPSA) is 138 Å². The van der Waals surface area contributed by atoms with Gasteiger partial charge in [-0.25, -0.2) is 4.99 Å². The quantitative estimate of drug-likeness (QED) is 0.149. The molecule has 0 bridgehead atoms. The average Bonchev–Trinajstić information content (AvgIpc) is 3.30. The number of ether oxygens (including phenoxy) is 3. The van der Waals surface area contributed by atoms with Crippen molar-refractivity contribution in [2.45, 2.75) is 38.0 Å². The summed E-state index contributed by atoms with van der Waals surface area (Å²) < 4.78 is 17.0. The van der Waals surface area contributed by atoms with Crippen molar-refractivity contribution in [1.82, 2.24) is 5.32 Å². The normalized spacial score (nSPS) is 17.9. The number of aliphatic imine (C=N–C) groups is 1. The zero-order chi connectivity index (χ0) is 27.7. The van der Waals surface area contributed by atoms with Crippen molar-refractivity contribution >= 4 is 17.5 Å². The fourth-order valence-electron chi connectivity index (χ4n) is 4.32. The highest BCUT2D eigenvalue weighted by molar-refractivity contribution is 6.01.